The number of hydrogen-bond acceptors (Lipinski definition) is 3. The molecular weight excluding hydrogens is 204 g/mol. The van der Waals surface area contributed by atoms with Gasteiger partial charge in [0.1, 0.15) is 11.8 Å². The highest BCUT2D eigenvalue weighted by Gasteiger charge is 2.23. The van der Waals surface area contributed by atoms with E-state index in [1.54, 1.807) is 11.0 Å². The minimum absolute atomic E-state index is 0.000949. The molecule has 0 saturated carbocycles. The van der Waals surface area contributed by atoms with Gasteiger partial charge in [-0.1, -0.05) is 12.1 Å². The molecule has 1 heterocycles. The molecule has 0 unspecified atom stereocenters. The molecule has 0 spiro atoms. The maximum Gasteiger partial charge on any atom is 0.227 e. The molecule has 4 heteroatoms. The van der Waals surface area contributed by atoms with Crippen molar-refractivity contribution in [2.45, 2.75) is 12.8 Å². The highest BCUT2D eigenvalue weighted by atomic mass is 16.5. The predicted octanol–water partition coefficient (Wildman–Crippen LogP) is 1.72. The minimum atomic E-state index is -0.000949. The van der Waals surface area contributed by atoms with Crippen molar-refractivity contribution < 1.29 is 9.53 Å². The van der Waals surface area contributed by atoms with Gasteiger partial charge in [-0.05, 0) is 18.6 Å². The zero-order valence-electron chi connectivity index (χ0n) is 8.85. The van der Waals surface area contributed by atoms with Crippen LogP contribution < -0.4 is 9.64 Å². The Morgan fingerprint density at radius 3 is 2.94 bits per heavy atom. The summed E-state index contributed by atoms with van der Waals surface area (Å²) >= 11 is 0. The van der Waals surface area contributed by atoms with Crippen LogP contribution in [0.25, 0.3) is 0 Å². The molecule has 0 aliphatic carbocycles. The standard InChI is InChI=1S/C12H12N2O2/c13-7-9-16-11-5-2-1-4-10(11)14-8-3-6-12(14)15/h1-2,4-5H,3,6,8-9H2. The topological polar surface area (TPSA) is 53.3 Å². The molecule has 0 N–H and O–H groups in total. The number of para-hydroxylation sites is 2. The monoisotopic (exact) mass is 216 g/mol. The van der Waals surface area contributed by atoms with Gasteiger partial charge in [0, 0.05) is 13.0 Å². The number of rotatable bonds is 3. The van der Waals surface area contributed by atoms with Gasteiger partial charge in [0.2, 0.25) is 5.91 Å². The smallest absolute Gasteiger partial charge is 0.227 e. The average molecular weight is 216 g/mol. The van der Waals surface area contributed by atoms with E-state index in [4.69, 9.17) is 10.00 Å². The van der Waals surface area contributed by atoms with Gasteiger partial charge in [-0.3, -0.25) is 4.79 Å². The van der Waals surface area contributed by atoms with E-state index in [0.29, 0.717) is 12.2 Å². The van der Waals surface area contributed by atoms with Crippen LogP contribution in [0, 0.1) is 11.3 Å². The lowest BCUT2D eigenvalue weighted by Gasteiger charge is -2.18. The van der Waals surface area contributed by atoms with Gasteiger partial charge in [0.25, 0.3) is 0 Å². The summed E-state index contributed by atoms with van der Waals surface area (Å²) < 4.78 is 5.29. The van der Waals surface area contributed by atoms with Crippen molar-refractivity contribution in [1.82, 2.24) is 0 Å². The van der Waals surface area contributed by atoms with Crippen molar-refractivity contribution >= 4 is 11.6 Å². The average Bonchev–Trinajstić information content (AvgIpc) is 2.73. The summed E-state index contributed by atoms with van der Waals surface area (Å²) in [5.74, 6) is 0.715. The summed E-state index contributed by atoms with van der Waals surface area (Å²) in [5.41, 5.74) is 0.764. The van der Waals surface area contributed by atoms with Crippen LogP contribution in [0.3, 0.4) is 0 Å². The van der Waals surface area contributed by atoms with Crippen molar-refractivity contribution in [2.75, 3.05) is 18.1 Å². The summed E-state index contributed by atoms with van der Waals surface area (Å²) in [6, 6.07) is 9.23. The Bertz CT molecular complexity index is 437. The summed E-state index contributed by atoms with van der Waals surface area (Å²) in [6.45, 7) is 0.727. The van der Waals surface area contributed by atoms with Crippen molar-refractivity contribution in [3.63, 3.8) is 0 Å². The second-order valence-electron chi connectivity index (χ2n) is 3.56. The SMILES string of the molecule is N#CCOc1ccccc1N1CCCC1=O. The van der Waals surface area contributed by atoms with Crippen molar-refractivity contribution in [3.05, 3.63) is 24.3 Å². The van der Waals surface area contributed by atoms with E-state index in [1.165, 1.54) is 0 Å². The molecule has 1 aliphatic rings. The van der Waals surface area contributed by atoms with E-state index in [9.17, 15) is 4.79 Å². The van der Waals surface area contributed by atoms with Gasteiger partial charge in [-0.25, -0.2) is 0 Å². The Morgan fingerprint density at radius 1 is 1.44 bits per heavy atom. The Kier molecular flexibility index (Phi) is 3.06. The van der Waals surface area contributed by atoms with E-state index >= 15 is 0 Å². The molecule has 16 heavy (non-hydrogen) atoms. The zero-order valence-corrected chi connectivity index (χ0v) is 8.85. The first kappa shape index (κ1) is 10.5. The highest BCUT2D eigenvalue weighted by Crippen LogP contribution is 2.30. The Morgan fingerprint density at radius 2 is 2.25 bits per heavy atom. The van der Waals surface area contributed by atoms with Crippen molar-refractivity contribution in [3.8, 4) is 11.8 Å². The number of carbonyl (C=O) groups is 1. The number of nitriles is 1. The lowest BCUT2D eigenvalue weighted by molar-refractivity contribution is -0.117. The molecule has 82 valence electrons. The number of benzene rings is 1. The third kappa shape index (κ3) is 1.98. The molecule has 0 aromatic heterocycles. The fourth-order valence-electron chi connectivity index (χ4n) is 1.82. The second-order valence-corrected chi connectivity index (χ2v) is 3.56. The van der Waals surface area contributed by atoms with E-state index in [-0.39, 0.29) is 12.5 Å². The molecule has 2 rings (SSSR count). The quantitative estimate of drug-likeness (QED) is 0.773. The molecule has 4 nitrogen and oxygen atoms in total. The maximum atomic E-state index is 11.6. The first-order valence-electron chi connectivity index (χ1n) is 5.22. The summed E-state index contributed by atoms with van der Waals surface area (Å²) in [5, 5.41) is 8.48. The molecule has 0 bridgehead atoms. The summed E-state index contributed by atoms with van der Waals surface area (Å²) in [4.78, 5) is 13.3. The Hall–Kier alpha value is -2.02. The first-order chi connectivity index (χ1) is 7.83. The molecule has 1 fully saturated rings. The number of amides is 1. The van der Waals surface area contributed by atoms with Crippen LogP contribution in [0.2, 0.25) is 0 Å². The van der Waals surface area contributed by atoms with Gasteiger partial charge in [-0.15, -0.1) is 0 Å². The summed E-state index contributed by atoms with van der Waals surface area (Å²) in [7, 11) is 0. The number of carbonyl (C=O) groups excluding carboxylic acids is 1. The van der Waals surface area contributed by atoms with Crippen LogP contribution in [0.5, 0.6) is 5.75 Å². The van der Waals surface area contributed by atoms with Gasteiger partial charge in [0.15, 0.2) is 6.61 Å². The van der Waals surface area contributed by atoms with E-state index in [1.807, 2.05) is 24.3 Å². The van der Waals surface area contributed by atoms with Gasteiger partial charge in [0.05, 0.1) is 5.69 Å². The largest absolute Gasteiger partial charge is 0.477 e. The Balaban J connectivity index is 2.25. The molecular formula is C12H12N2O2. The third-order valence-electron chi connectivity index (χ3n) is 2.52. The Labute approximate surface area is 94.0 Å². The summed E-state index contributed by atoms with van der Waals surface area (Å²) in [6.07, 6.45) is 1.47. The van der Waals surface area contributed by atoms with Gasteiger partial charge in [-0.2, -0.15) is 5.26 Å². The fourth-order valence-corrected chi connectivity index (χ4v) is 1.82. The fraction of sp³-hybridized carbons (Fsp3) is 0.333. The van der Waals surface area contributed by atoms with Gasteiger partial charge >= 0.3 is 0 Å². The second kappa shape index (κ2) is 4.67. The van der Waals surface area contributed by atoms with E-state index < -0.39 is 0 Å². The molecule has 1 aromatic rings. The third-order valence-corrected chi connectivity index (χ3v) is 2.52. The number of anilines is 1. The van der Waals surface area contributed by atoms with Crippen LogP contribution in [-0.4, -0.2) is 19.1 Å². The van der Waals surface area contributed by atoms with Crippen molar-refractivity contribution in [1.29, 1.82) is 5.26 Å². The number of nitrogens with zero attached hydrogens (tertiary/aromatic N) is 2. The van der Waals surface area contributed by atoms with Gasteiger partial charge < -0.3 is 9.64 Å². The number of ether oxygens (including phenoxy) is 1. The van der Waals surface area contributed by atoms with E-state index in [2.05, 4.69) is 0 Å². The molecule has 1 amide bonds. The molecule has 0 atom stereocenters. The molecule has 1 aromatic carbocycles. The lowest BCUT2D eigenvalue weighted by atomic mass is 10.2. The normalized spacial score (nSPS) is 14.9. The van der Waals surface area contributed by atoms with Crippen LogP contribution in [0.15, 0.2) is 24.3 Å². The minimum Gasteiger partial charge on any atom is -0.477 e. The molecule has 1 saturated heterocycles. The highest BCUT2D eigenvalue weighted by molar-refractivity contribution is 5.96. The van der Waals surface area contributed by atoms with E-state index in [0.717, 1.165) is 18.7 Å². The zero-order chi connectivity index (χ0) is 11.4. The van der Waals surface area contributed by atoms with Crippen LogP contribution >= 0.6 is 0 Å². The molecule has 0 radical (unpaired) electrons. The van der Waals surface area contributed by atoms with Crippen LogP contribution in [-0.2, 0) is 4.79 Å². The molecule has 1 aliphatic heterocycles. The maximum absolute atomic E-state index is 11.6. The van der Waals surface area contributed by atoms with Crippen LogP contribution in [0.1, 0.15) is 12.8 Å². The number of hydrogen-bond donors (Lipinski definition) is 0. The lowest BCUT2D eigenvalue weighted by Crippen LogP contribution is -2.24. The first-order valence-corrected chi connectivity index (χ1v) is 5.22. The predicted molar refractivity (Wildman–Crippen MR) is 59.1 cm³/mol. The van der Waals surface area contributed by atoms with Crippen molar-refractivity contribution in [2.24, 2.45) is 0 Å². The van der Waals surface area contributed by atoms with Crippen LogP contribution in [0.4, 0.5) is 5.69 Å².